The zero-order valence-corrected chi connectivity index (χ0v) is 15.3. The van der Waals surface area contributed by atoms with E-state index >= 15 is 0 Å². The second-order valence-electron chi connectivity index (χ2n) is 6.37. The number of hydrogen-bond acceptors (Lipinski definition) is 5. The second kappa shape index (κ2) is 9.22. The van der Waals surface area contributed by atoms with Crippen LogP contribution >= 0.6 is 0 Å². The van der Waals surface area contributed by atoms with Crippen molar-refractivity contribution in [1.82, 2.24) is 5.32 Å². The van der Waals surface area contributed by atoms with Crippen LogP contribution in [0.4, 0.5) is 5.69 Å². The van der Waals surface area contributed by atoms with Gasteiger partial charge >= 0.3 is 0 Å². The molecule has 0 saturated heterocycles. The Kier molecular flexibility index (Phi) is 7.00. The van der Waals surface area contributed by atoms with Gasteiger partial charge in [0.2, 0.25) is 6.41 Å². The van der Waals surface area contributed by atoms with Crippen LogP contribution in [0.25, 0.3) is 0 Å². The maximum absolute atomic E-state index is 10.6. The molecule has 2 atom stereocenters. The van der Waals surface area contributed by atoms with Gasteiger partial charge < -0.3 is 25.6 Å². The molecule has 0 fully saturated rings. The molecule has 2 rings (SSSR count). The first-order valence-electron chi connectivity index (χ1n) is 8.52. The standard InChI is InChI=1S/C20H26N2O4/c1-13-8-15(4-7-20(13)26-3)9-14(2)21-11-19(25)16-5-6-18(24)17(10-16)22-12-23/h4-8,10,12,14,19,21,24-25H,9,11H2,1-3H3,(H,22,23)/t14-,19+/m0/s1. The molecule has 0 aliphatic carbocycles. The Labute approximate surface area is 153 Å². The third kappa shape index (κ3) is 5.21. The van der Waals surface area contributed by atoms with Gasteiger partial charge in [0.15, 0.2) is 0 Å². The quantitative estimate of drug-likeness (QED) is 0.408. The Morgan fingerprint density at radius 1 is 1.23 bits per heavy atom. The fourth-order valence-corrected chi connectivity index (χ4v) is 2.86. The molecule has 0 spiro atoms. The number of amides is 1. The Morgan fingerprint density at radius 2 is 2.00 bits per heavy atom. The fraction of sp³-hybridized carbons (Fsp3) is 0.350. The average Bonchev–Trinajstić information content (AvgIpc) is 2.62. The van der Waals surface area contributed by atoms with Crippen LogP contribution in [-0.4, -0.2) is 36.3 Å². The van der Waals surface area contributed by atoms with Crippen molar-refractivity contribution in [3.05, 3.63) is 53.1 Å². The number of carbonyl (C=O) groups excluding carboxylic acids is 1. The van der Waals surface area contributed by atoms with E-state index in [0.717, 1.165) is 17.7 Å². The number of methoxy groups -OCH3 is 1. The van der Waals surface area contributed by atoms with Gasteiger partial charge in [-0.15, -0.1) is 0 Å². The normalized spacial score (nSPS) is 13.1. The van der Waals surface area contributed by atoms with Crippen molar-refractivity contribution in [2.24, 2.45) is 0 Å². The molecule has 2 aromatic rings. The predicted molar refractivity (Wildman–Crippen MR) is 102 cm³/mol. The molecule has 0 aliphatic heterocycles. The van der Waals surface area contributed by atoms with Crippen LogP contribution in [0.2, 0.25) is 0 Å². The summed E-state index contributed by atoms with van der Waals surface area (Å²) in [5.74, 6) is 0.834. The number of aliphatic hydroxyl groups excluding tert-OH is 1. The number of benzene rings is 2. The summed E-state index contributed by atoms with van der Waals surface area (Å²) >= 11 is 0. The number of rotatable bonds is 9. The molecule has 0 saturated carbocycles. The maximum atomic E-state index is 10.6. The summed E-state index contributed by atoms with van der Waals surface area (Å²) in [5.41, 5.74) is 3.18. The number of aryl methyl sites for hydroxylation is 1. The SMILES string of the molecule is COc1ccc(C[C@H](C)NC[C@@H](O)c2ccc(O)c(NC=O)c2)cc1C. The number of phenolic OH excluding ortho intramolecular Hbond substituents is 1. The molecule has 0 bridgehead atoms. The van der Waals surface area contributed by atoms with Crippen LogP contribution in [0.1, 0.15) is 29.7 Å². The highest BCUT2D eigenvalue weighted by molar-refractivity contribution is 5.75. The third-order valence-electron chi connectivity index (χ3n) is 4.28. The van der Waals surface area contributed by atoms with Gasteiger partial charge in [-0.2, -0.15) is 0 Å². The molecule has 2 aromatic carbocycles. The number of nitrogens with one attached hydrogen (secondary N) is 2. The van der Waals surface area contributed by atoms with Crippen molar-refractivity contribution in [3.63, 3.8) is 0 Å². The number of carbonyl (C=O) groups is 1. The van der Waals surface area contributed by atoms with Crippen LogP contribution in [0.5, 0.6) is 11.5 Å². The Balaban J connectivity index is 1.92. The number of anilines is 1. The zero-order chi connectivity index (χ0) is 19.1. The van der Waals surface area contributed by atoms with Crippen molar-refractivity contribution >= 4 is 12.1 Å². The molecule has 0 aromatic heterocycles. The molecule has 140 valence electrons. The lowest BCUT2D eigenvalue weighted by molar-refractivity contribution is -0.105. The van der Waals surface area contributed by atoms with Gasteiger partial charge in [-0.1, -0.05) is 18.2 Å². The Morgan fingerprint density at radius 3 is 2.65 bits per heavy atom. The highest BCUT2D eigenvalue weighted by Crippen LogP contribution is 2.26. The summed E-state index contributed by atoms with van der Waals surface area (Å²) < 4.78 is 5.27. The van der Waals surface area contributed by atoms with E-state index in [1.54, 1.807) is 19.2 Å². The molecular formula is C20H26N2O4. The Bertz CT molecular complexity index is 749. The molecule has 0 aliphatic rings. The van der Waals surface area contributed by atoms with Crippen LogP contribution in [-0.2, 0) is 11.2 Å². The third-order valence-corrected chi connectivity index (χ3v) is 4.28. The van der Waals surface area contributed by atoms with Crippen LogP contribution in [0, 0.1) is 6.92 Å². The fourth-order valence-electron chi connectivity index (χ4n) is 2.86. The van der Waals surface area contributed by atoms with Gasteiger partial charge in [0.05, 0.1) is 18.9 Å². The van der Waals surface area contributed by atoms with Gasteiger partial charge in [0.1, 0.15) is 11.5 Å². The van der Waals surface area contributed by atoms with Crippen LogP contribution in [0.15, 0.2) is 36.4 Å². The molecule has 0 heterocycles. The van der Waals surface area contributed by atoms with E-state index < -0.39 is 6.10 Å². The first-order valence-corrected chi connectivity index (χ1v) is 8.52. The highest BCUT2D eigenvalue weighted by Gasteiger charge is 2.12. The lowest BCUT2D eigenvalue weighted by Crippen LogP contribution is -2.32. The first-order chi connectivity index (χ1) is 12.4. The smallest absolute Gasteiger partial charge is 0.211 e. The van der Waals surface area contributed by atoms with E-state index in [2.05, 4.69) is 23.6 Å². The van der Waals surface area contributed by atoms with Crippen LogP contribution < -0.4 is 15.4 Å². The van der Waals surface area contributed by atoms with Crippen molar-refractivity contribution in [1.29, 1.82) is 0 Å². The average molecular weight is 358 g/mol. The number of aliphatic hydroxyl groups is 1. The van der Waals surface area contributed by atoms with E-state index in [1.165, 1.54) is 11.6 Å². The van der Waals surface area contributed by atoms with E-state index in [9.17, 15) is 15.0 Å². The minimum Gasteiger partial charge on any atom is -0.506 e. The monoisotopic (exact) mass is 358 g/mol. The minimum absolute atomic E-state index is 0.0377. The number of ether oxygens (including phenoxy) is 1. The molecule has 6 nitrogen and oxygen atoms in total. The second-order valence-corrected chi connectivity index (χ2v) is 6.37. The minimum atomic E-state index is -0.747. The predicted octanol–water partition coefficient (Wildman–Crippen LogP) is 2.53. The van der Waals surface area contributed by atoms with Gasteiger partial charge in [-0.05, 0) is 55.2 Å². The van der Waals surface area contributed by atoms with Crippen molar-refractivity contribution in [2.75, 3.05) is 19.0 Å². The summed E-state index contributed by atoms with van der Waals surface area (Å²) in [4.78, 5) is 10.6. The highest BCUT2D eigenvalue weighted by atomic mass is 16.5. The van der Waals surface area contributed by atoms with E-state index in [0.29, 0.717) is 18.5 Å². The molecular weight excluding hydrogens is 332 g/mol. The molecule has 4 N–H and O–H groups in total. The van der Waals surface area contributed by atoms with Crippen molar-refractivity contribution in [2.45, 2.75) is 32.4 Å². The first kappa shape index (κ1) is 19.8. The van der Waals surface area contributed by atoms with Crippen molar-refractivity contribution in [3.8, 4) is 11.5 Å². The Hall–Kier alpha value is -2.57. The van der Waals surface area contributed by atoms with Crippen LogP contribution in [0.3, 0.4) is 0 Å². The number of hydrogen-bond donors (Lipinski definition) is 4. The van der Waals surface area contributed by atoms with Gasteiger partial charge in [0, 0.05) is 12.6 Å². The van der Waals surface area contributed by atoms with Gasteiger partial charge in [-0.3, -0.25) is 4.79 Å². The largest absolute Gasteiger partial charge is 0.506 e. The lowest BCUT2D eigenvalue weighted by atomic mass is 10.0. The maximum Gasteiger partial charge on any atom is 0.211 e. The summed E-state index contributed by atoms with van der Waals surface area (Å²) in [6.45, 7) is 4.43. The molecule has 1 amide bonds. The zero-order valence-electron chi connectivity index (χ0n) is 15.3. The molecule has 26 heavy (non-hydrogen) atoms. The topological polar surface area (TPSA) is 90.8 Å². The lowest BCUT2D eigenvalue weighted by Gasteiger charge is -2.19. The molecule has 0 radical (unpaired) electrons. The number of phenols is 1. The van der Waals surface area contributed by atoms with Crippen molar-refractivity contribution < 1.29 is 19.7 Å². The molecule has 0 unspecified atom stereocenters. The van der Waals surface area contributed by atoms with E-state index in [-0.39, 0.29) is 17.5 Å². The molecule has 6 heteroatoms. The summed E-state index contributed by atoms with van der Waals surface area (Å²) in [6, 6.07) is 10.9. The summed E-state index contributed by atoms with van der Waals surface area (Å²) in [5, 5.41) is 25.7. The number of aromatic hydroxyl groups is 1. The summed E-state index contributed by atoms with van der Waals surface area (Å²) in [6.07, 6.45) is 0.566. The van der Waals surface area contributed by atoms with Gasteiger partial charge in [-0.25, -0.2) is 0 Å². The van der Waals surface area contributed by atoms with E-state index in [4.69, 9.17) is 4.74 Å². The van der Waals surface area contributed by atoms with Gasteiger partial charge in [0.25, 0.3) is 0 Å². The van der Waals surface area contributed by atoms with E-state index in [1.807, 2.05) is 19.1 Å². The summed E-state index contributed by atoms with van der Waals surface area (Å²) in [7, 11) is 1.66.